The van der Waals surface area contributed by atoms with Crippen molar-refractivity contribution in [2.45, 2.75) is 13.5 Å². The molecule has 1 N–H and O–H groups in total. The summed E-state index contributed by atoms with van der Waals surface area (Å²) in [6.45, 7) is 6.32. The predicted octanol–water partition coefficient (Wildman–Crippen LogP) is 4.78. The first kappa shape index (κ1) is 23.8. The summed E-state index contributed by atoms with van der Waals surface area (Å²) >= 11 is 17.1. The summed E-state index contributed by atoms with van der Waals surface area (Å²) in [6, 6.07) is 10.4. The Balaban J connectivity index is 1.85. The van der Waals surface area contributed by atoms with E-state index in [-0.39, 0.29) is 23.8 Å². The van der Waals surface area contributed by atoms with E-state index in [1.54, 1.807) is 30.3 Å². The largest absolute Gasteiger partial charge is 0.490 e. The zero-order chi connectivity index (χ0) is 23.3. The van der Waals surface area contributed by atoms with Crippen LogP contribution in [-0.2, 0) is 16.2 Å². The van der Waals surface area contributed by atoms with Crippen LogP contribution in [-0.4, -0.2) is 35.0 Å². The number of hydrogen-bond acceptors (Lipinski definition) is 5. The third-order valence-electron chi connectivity index (χ3n) is 4.45. The van der Waals surface area contributed by atoms with E-state index in [2.05, 4.69) is 11.9 Å². The highest BCUT2D eigenvalue weighted by atomic mass is 35.5. The Bertz CT molecular complexity index is 1120. The number of nitrogens with zero attached hydrogens (tertiary/aromatic N) is 1. The van der Waals surface area contributed by atoms with E-state index >= 15 is 0 Å². The van der Waals surface area contributed by atoms with E-state index in [4.69, 9.17) is 44.9 Å². The Kier molecular flexibility index (Phi) is 7.90. The zero-order valence-corrected chi connectivity index (χ0v) is 19.5. The summed E-state index contributed by atoms with van der Waals surface area (Å²) in [4.78, 5) is 26.3. The van der Waals surface area contributed by atoms with Gasteiger partial charge < -0.3 is 9.47 Å². The third kappa shape index (κ3) is 5.48. The van der Waals surface area contributed by atoms with Crippen molar-refractivity contribution in [1.29, 1.82) is 0 Å². The second kappa shape index (κ2) is 10.6. The molecule has 9 heteroatoms. The zero-order valence-electron chi connectivity index (χ0n) is 17.2. The molecule has 166 valence electrons. The molecule has 0 unspecified atom stereocenters. The highest BCUT2D eigenvalue weighted by molar-refractivity contribution is 7.80. The second-order valence-electron chi connectivity index (χ2n) is 6.70. The number of hydrogen-bond donors (Lipinski definition) is 1. The second-order valence-corrected chi connectivity index (χ2v) is 7.90. The van der Waals surface area contributed by atoms with Gasteiger partial charge in [-0.2, -0.15) is 0 Å². The van der Waals surface area contributed by atoms with Gasteiger partial charge in [-0.25, -0.2) is 0 Å². The molecule has 0 atom stereocenters. The van der Waals surface area contributed by atoms with Gasteiger partial charge in [0.2, 0.25) is 0 Å². The Morgan fingerprint density at radius 2 is 1.88 bits per heavy atom. The lowest BCUT2D eigenvalue weighted by Crippen LogP contribution is -2.53. The van der Waals surface area contributed by atoms with E-state index in [0.717, 1.165) is 5.56 Å². The lowest BCUT2D eigenvalue weighted by molar-refractivity contribution is -0.128. The average Bonchev–Trinajstić information content (AvgIpc) is 2.76. The molecule has 0 saturated carbocycles. The molecule has 0 radical (unpaired) electrons. The number of halogens is 2. The van der Waals surface area contributed by atoms with Crippen LogP contribution in [0.4, 0.5) is 0 Å². The molecule has 6 nitrogen and oxygen atoms in total. The van der Waals surface area contributed by atoms with Crippen molar-refractivity contribution in [2.75, 3.05) is 13.2 Å². The van der Waals surface area contributed by atoms with Crippen molar-refractivity contribution in [1.82, 2.24) is 10.2 Å². The lowest BCUT2D eigenvalue weighted by atomic mass is 10.1. The van der Waals surface area contributed by atoms with Crippen LogP contribution in [0.2, 0.25) is 10.0 Å². The minimum atomic E-state index is -0.557. The maximum absolute atomic E-state index is 12.7. The van der Waals surface area contributed by atoms with Crippen LogP contribution < -0.4 is 14.8 Å². The first-order valence-corrected chi connectivity index (χ1v) is 10.8. The molecule has 2 aromatic carbocycles. The third-order valence-corrected chi connectivity index (χ3v) is 5.52. The first-order chi connectivity index (χ1) is 15.3. The van der Waals surface area contributed by atoms with Gasteiger partial charge in [0.1, 0.15) is 12.2 Å². The quantitative estimate of drug-likeness (QED) is 0.249. The lowest BCUT2D eigenvalue weighted by Gasteiger charge is -2.27. The van der Waals surface area contributed by atoms with Crippen LogP contribution in [0.1, 0.15) is 18.1 Å². The monoisotopic (exact) mass is 490 g/mol. The maximum Gasteiger partial charge on any atom is 0.265 e. The molecule has 1 saturated heterocycles. The standard InChI is InChI=1S/C23H20Cl2N2O4S/c1-3-9-27-22(29)16(21(28)26-23(27)32)10-14-6-8-19(20(12-14)30-4-2)31-13-15-5-7-17(24)18(25)11-15/h3,5-8,10-12H,1,4,9,13H2,2H3,(H,26,28,32)/b16-10+. The number of amides is 2. The van der Waals surface area contributed by atoms with Crippen LogP contribution >= 0.6 is 35.4 Å². The van der Waals surface area contributed by atoms with Gasteiger partial charge in [0.05, 0.1) is 16.7 Å². The molecule has 0 aliphatic carbocycles. The van der Waals surface area contributed by atoms with Gasteiger partial charge in [-0.05, 0) is 60.6 Å². The van der Waals surface area contributed by atoms with Crippen LogP contribution in [0.5, 0.6) is 11.5 Å². The van der Waals surface area contributed by atoms with E-state index in [0.29, 0.717) is 33.7 Å². The number of benzene rings is 2. The Morgan fingerprint density at radius 3 is 2.56 bits per heavy atom. The van der Waals surface area contributed by atoms with Crippen molar-refractivity contribution < 1.29 is 19.1 Å². The number of ether oxygens (including phenoxy) is 2. The minimum absolute atomic E-state index is 0.0348. The molecule has 3 rings (SSSR count). The smallest absolute Gasteiger partial charge is 0.265 e. The average molecular weight is 491 g/mol. The van der Waals surface area contributed by atoms with Gasteiger partial charge >= 0.3 is 0 Å². The molecule has 0 spiro atoms. The molecule has 2 amide bonds. The van der Waals surface area contributed by atoms with Crippen molar-refractivity contribution in [3.8, 4) is 11.5 Å². The van der Waals surface area contributed by atoms with Crippen LogP contribution in [0.25, 0.3) is 6.08 Å². The molecule has 1 heterocycles. The van der Waals surface area contributed by atoms with Gasteiger partial charge in [0.25, 0.3) is 11.8 Å². The molecule has 1 aliphatic heterocycles. The van der Waals surface area contributed by atoms with Crippen LogP contribution in [0.15, 0.2) is 54.6 Å². The topological polar surface area (TPSA) is 67.9 Å². The Hall–Kier alpha value is -2.87. The number of nitrogens with one attached hydrogen (secondary N) is 1. The van der Waals surface area contributed by atoms with Gasteiger partial charge in [-0.3, -0.25) is 19.8 Å². The summed E-state index contributed by atoms with van der Waals surface area (Å²) in [7, 11) is 0. The molecular formula is C23H20Cl2N2O4S. The van der Waals surface area contributed by atoms with E-state index in [1.807, 2.05) is 13.0 Å². The normalized spacial score (nSPS) is 15.0. The molecular weight excluding hydrogens is 471 g/mol. The van der Waals surface area contributed by atoms with Crippen LogP contribution in [0.3, 0.4) is 0 Å². The number of rotatable bonds is 8. The van der Waals surface area contributed by atoms with Crippen molar-refractivity contribution in [3.63, 3.8) is 0 Å². The highest BCUT2D eigenvalue weighted by Gasteiger charge is 2.32. The summed E-state index contributed by atoms with van der Waals surface area (Å²) in [5.74, 6) is -0.0622. The maximum atomic E-state index is 12.7. The van der Waals surface area contributed by atoms with Crippen molar-refractivity contribution in [2.24, 2.45) is 0 Å². The Morgan fingerprint density at radius 1 is 1.09 bits per heavy atom. The first-order valence-electron chi connectivity index (χ1n) is 9.67. The summed E-state index contributed by atoms with van der Waals surface area (Å²) < 4.78 is 11.6. The fourth-order valence-corrected chi connectivity index (χ4v) is 3.52. The number of carbonyl (C=O) groups excluding carboxylic acids is 2. The fraction of sp³-hybridized carbons (Fsp3) is 0.174. The summed E-state index contributed by atoms with van der Waals surface area (Å²) in [6.07, 6.45) is 3.02. The molecule has 1 fully saturated rings. The van der Waals surface area contributed by atoms with Crippen molar-refractivity contribution in [3.05, 3.63) is 75.8 Å². The van der Waals surface area contributed by atoms with Crippen molar-refractivity contribution >= 4 is 58.4 Å². The highest BCUT2D eigenvalue weighted by Crippen LogP contribution is 2.31. The summed E-state index contributed by atoms with van der Waals surface area (Å²) in [5.41, 5.74) is 1.41. The predicted molar refractivity (Wildman–Crippen MR) is 129 cm³/mol. The fourth-order valence-electron chi connectivity index (χ4n) is 2.95. The number of carbonyl (C=O) groups is 2. The van der Waals surface area contributed by atoms with E-state index < -0.39 is 11.8 Å². The van der Waals surface area contributed by atoms with E-state index in [9.17, 15) is 9.59 Å². The molecule has 0 bridgehead atoms. The molecule has 1 aliphatic rings. The number of thiocarbonyl (C=S) groups is 1. The molecule has 0 aromatic heterocycles. The minimum Gasteiger partial charge on any atom is -0.490 e. The van der Waals surface area contributed by atoms with Crippen LogP contribution in [0, 0.1) is 0 Å². The van der Waals surface area contributed by atoms with Gasteiger partial charge in [0, 0.05) is 6.54 Å². The molecule has 2 aromatic rings. The van der Waals surface area contributed by atoms with E-state index in [1.165, 1.54) is 17.1 Å². The van der Waals surface area contributed by atoms with Gasteiger partial charge in [0.15, 0.2) is 16.6 Å². The SMILES string of the molecule is C=CCN1C(=O)/C(=C/c2ccc(OCc3ccc(Cl)c(Cl)c3)c(OCC)c2)C(=O)NC1=S. The Labute approximate surface area is 201 Å². The van der Waals surface area contributed by atoms with Gasteiger partial charge in [-0.1, -0.05) is 41.4 Å². The van der Waals surface area contributed by atoms with Gasteiger partial charge in [-0.15, -0.1) is 6.58 Å². The molecule has 32 heavy (non-hydrogen) atoms. The summed E-state index contributed by atoms with van der Waals surface area (Å²) in [5, 5.41) is 3.49.